The molecule has 2 aromatic rings. The van der Waals surface area contributed by atoms with Crippen molar-refractivity contribution in [3.63, 3.8) is 0 Å². The highest BCUT2D eigenvalue weighted by Gasteiger charge is 2.28. The molecular formula is C16H20FN3O2. The summed E-state index contributed by atoms with van der Waals surface area (Å²) in [6.45, 7) is 5.88. The fourth-order valence-corrected chi connectivity index (χ4v) is 3.23. The predicted octanol–water partition coefficient (Wildman–Crippen LogP) is 2.93. The molecule has 0 radical (unpaired) electrons. The standard InChI is InChI=1S/C16H20FN3O2/c1-3-20(11(2)21)19-8-6-12(7-9-19)16-14-5-4-13(17)10-15(14)22-18-16/h4-5,10,12H,3,6-9H2,1-2H3. The van der Waals surface area contributed by atoms with Crippen LogP contribution in [-0.2, 0) is 4.79 Å². The molecule has 22 heavy (non-hydrogen) atoms. The van der Waals surface area contributed by atoms with Crippen LogP contribution >= 0.6 is 0 Å². The van der Waals surface area contributed by atoms with Crippen molar-refractivity contribution in [3.8, 4) is 0 Å². The number of halogens is 1. The van der Waals surface area contributed by atoms with Crippen LogP contribution in [0.1, 0.15) is 38.3 Å². The number of amides is 1. The molecule has 1 saturated heterocycles. The summed E-state index contributed by atoms with van der Waals surface area (Å²) in [4.78, 5) is 11.6. The Kier molecular flexibility index (Phi) is 4.11. The van der Waals surface area contributed by atoms with Gasteiger partial charge in [-0.3, -0.25) is 9.80 Å². The molecular weight excluding hydrogens is 285 g/mol. The number of hydrogen-bond acceptors (Lipinski definition) is 4. The Balaban J connectivity index is 1.74. The highest BCUT2D eigenvalue weighted by molar-refractivity contribution is 5.80. The number of carbonyl (C=O) groups is 1. The van der Waals surface area contributed by atoms with Crippen molar-refractivity contribution in [2.24, 2.45) is 0 Å². The van der Waals surface area contributed by atoms with E-state index in [0.29, 0.717) is 12.1 Å². The van der Waals surface area contributed by atoms with Gasteiger partial charge in [0.05, 0.1) is 5.69 Å². The third-order valence-electron chi connectivity index (χ3n) is 4.32. The normalized spacial score (nSPS) is 17.0. The van der Waals surface area contributed by atoms with Crippen LogP contribution in [0.15, 0.2) is 22.7 Å². The van der Waals surface area contributed by atoms with E-state index in [4.69, 9.17) is 4.52 Å². The molecule has 1 aromatic heterocycles. The molecule has 0 aliphatic carbocycles. The molecule has 1 fully saturated rings. The van der Waals surface area contributed by atoms with Crippen molar-refractivity contribution in [1.29, 1.82) is 0 Å². The Morgan fingerprint density at radius 1 is 1.45 bits per heavy atom. The Labute approximate surface area is 128 Å². The zero-order valence-electron chi connectivity index (χ0n) is 12.9. The average molecular weight is 305 g/mol. The van der Waals surface area contributed by atoms with Crippen LogP contribution in [-0.4, -0.2) is 40.7 Å². The molecule has 6 heteroatoms. The van der Waals surface area contributed by atoms with E-state index in [2.05, 4.69) is 10.2 Å². The molecule has 2 heterocycles. The van der Waals surface area contributed by atoms with Gasteiger partial charge in [-0.15, -0.1) is 0 Å². The number of piperidine rings is 1. The summed E-state index contributed by atoms with van der Waals surface area (Å²) in [5, 5.41) is 8.91. The van der Waals surface area contributed by atoms with Gasteiger partial charge in [0, 0.05) is 43.9 Å². The fraction of sp³-hybridized carbons (Fsp3) is 0.500. The summed E-state index contributed by atoms with van der Waals surface area (Å²) in [6, 6.07) is 4.54. The lowest BCUT2D eigenvalue weighted by Gasteiger charge is -2.38. The average Bonchev–Trinajstić information content (AvgIpc) is 2.91. The second-order valence-corrected chi connectivity index (χ2v) is 5.67. The number of hydrogen-bond donors (Lipinski definition) is 0. The third-order valence-corrected chi connectivity index (χ3v) is 4.32. The van der Waals surface area contributed by atoms with Gasteiger partial charge in [0.1, 0.15) is 5.82 Å². The predicted molar refractivity (Wildman–Crippen MR) is 80.6 cm³/mol. The molecule has 0 saturated carbocycles. The molecule has 0 unspecified atom stereocenters. The lowest BCUT2D eigenvalue weighted by Crippen LogP contribution is -2.48. The molecule has 0 N–H and O–H groups in total. The summed E-state index contributed by atoms with van der Waals surface area (Å²) < 4.78 is 18.5. The Morgan fingerprint density at radius 2 is 2.18 bits per heavy atom. The molecule has 0 bridgehead atoms. The van der Waals surface area contributed by atoms with Gasteiger partial charge in [-0.05, 0) is 31.9 Å². The van der Waals surface area contributed by atoms with Crippen molar-refractivity contribution in [1.82, 2.24) is 15.2 Å². The largest absolute Gasteiger partial charge is 0.356 e. The zero-order chi connectivity index (χ0) is 15.7. The molecule has 1 aliphatic heterocycles. The van der Waals surface area contributed by atoms with E-state index in [0.717, 1.165) is 37.0 Å². The number of benzene rings is 1. The first-order valence-corrected chi connectivity index (χ1v) is 7.68. The van der Waals surface area contributed by atoms with Crippen LogP contribution in [0.2, 0.25) is 0 Å². The van der Waals surface area contributed by atoms with Gasteiger partial charge in [-0.1, -0.05) is 5.16 Å². The Hall–Kier alpha value is -1.95. The van der Waals surface area contributed by atoms with Crippen molar-refractivity contribution in [2.45, 2.75) is 32.6 Å². The zero-order valence-corrected chi connectivity index (χ0v) is 12.9. The van der Waals surface area contributed by atoms with Crippen LogP contribution in [0.3, 0.4) is 0 Å². The highest BCUT2D eigenvalue weighted by atomic mass is 19.1. The van der Waals surface area contributed by atoms with Crippen molar-refractivity contribution in [3.05, 3.63) is 29.7 Å². The molecule has 5 nitrogen and oxygen atoms in total. The number of aromatic nitrogens is 1. The number of hydrazine groups is 1. The minimum absolute atomic E-state index is 0.0725. The molecule has 0 spiro atoms. The van der Waals surface area contributed by atoms with Crippen molar-refractivity contribution < 1.29 is 13.7 Å². The van der Waals surface area contributed by atoms with Crippen LogP contribution < -0.4 is 0 Å². The minimum atomic E-state index is -0.315. The molecule has 1 aromatic carbocycles. The fourth-order valence-electron chi connectivity index (χ4n) is 3.23. The van der Waals surface area contributed by atoms with Crippen LogP contribution in [0.4, 0.5) is 4.39 Å². The van der Waals surface area contributed by atoms with Gasteiger partial charge in [0.2, 0.25) is 5.91 Å². The minimum Gasteiger partial charge on any atom is -0.356 e. The molecule has 3 rings (SSSR count). The Bertz CT molecular complexity index is 677. The maximum Gasteiger partial charge on any atom is 0.233 e. The van der Waals surface area contributed by atoms with Gasteiger partial charge in [0.25, 0.3) is 0 Å². The third kappa shape index (κ3) is 2.70. The lowest BCUT2D eigenvalue weighted by molar-refractivity contribution is -0.148. The molecule has 1 amide bonds. The van der Waals surface area contributed by atoms with Gasteiger partial charge < -0.3 is 4.52 Å². The van der Waals surface area contributed by atoms with E-state index < -0.39 is 0 Å². The number of rotatable bonds is 3. The Morgan fingerprint density at radius 3 is 2.82 bits per heavy atom. The first kappa shape index (κ1) is 15.0. The van der Waals surface area contributed by atoms with Crippen LogP contribution in [0.25, 0.3) is 11.0 Å². The first-order chi connectivity index (χ1) is 10.6. The SMILES string of the molecule is CCN(C(C)=O)N1CCC(c2noc3cc(F)ccc23)CC1. The van der Waals surface area contributed by atoms with E-state index in [1.165, 1.54) is 12.1 Å². The summed E-state index contributed by atoms with van der Waals surface area (Å²) >= 11 is 0. The van der Waals surface area contributed by atoms with E-state index in [9.17, 15) is 9.18 Å². The summed E-state index contributed by atoms with van der Waals surface area (Å²) in [5.41, 5.74) is 1.40. The monoisotopic (exact) mass is 305 g/mol. The second kappa shape index (κ2) is 6.04. The molecule has 1 aliphatic rings. The second-order valence-electron chi connectivity index (χ2n) is 5.67. The van der Waals surface area contributed by atoms with E-state index >= 15 is 0 Å². The van der Waals surface area contributed by atoms with Crippen molar-refractivity contribution >= 4 is 16.9 Å². The number of carbonyl (C=O) groups excluding carboxylic acids is 1. The van der Waals surface area contributed by atoms with Gasteiger partial charge in [-0.2, -0.15) is 0 Å². The van der Waals surface area contributed by atoms with Gasteiger partial charge >= 0.3 is 0 Å². The summed E-state index contributed by atoms with van der Waals surface area (Å²) in [6.07, 6.45) is 1.81. The highest BCUT2D eigenvalue weighted by Crippen LogP contribution is 2.33. The van der Waals surface area contributed by atoms with Gasteiger partial charge in [0.15, 0.2) is 5.58 Å². The van der Waals surface area contributed by atoms with E-state index in [1.807, 2.05) is 6.92 Å². The van der Waals surface area contributed by atoms with E-state index in [-0.39, 0.29) is 17.6 Å². The number of fused-ring (bicyclic) bond motifs is 1. The smallest absolute Gasteiger partial charge is 0.233 e. The number of nitrogens with zero attached hydrogens (tertiary/aromatic N) is 3. The van der Waals surface area contributed by atoms with Crippen LogP contribution in [0.5, 0.6) is 0 Å². The summed E-state index contributed by atoms with van der Waals surface area (Å²) in [7, 11) is 0. The first-order valence-electron chi connectivity index (χ1n) is 7.68. The van der Waals surface area contributed by atoms with Crippen LogP contribution in [0, 0.1) is 5.82 Å². The molecule has 118 valence electrons. The van der Waals surface area contributed by atoms with E-state index in [1.54, 1.807) is 18.0 Å². The van der Waals surface area contributed by atoms with Gasteiger partial charge in [-0.25, -0.2) is 9.40 Å². The maximum absolute atomic E-state index is 13.2. The molecule has 0 atom stereocenters. The topological polar surface area (TPSA) is 49.6 Å². The van der Waals surface area contributed by atoms with Crippen molar-refractivity contribution in [2.75, 3.05) is 19.6 Å². The quantitative estimate of drug-likeness (QED) is 0.875. The maximum atomic E-state index is 13.2. The lowest BCUT2D eigenvalue weighted by atomic mass is 9.92. The summed E-state index contributed by atoms with van der Waals surface area (Å²) in [5.74, 6) is 0.0435.